The number of aromatic carboxylic acids is 1. The minimum absolute atomic E-state index is 0.135. The van der Waals surface area contributed by atoms with E-state index in [-0.39, 0.29) is 5.75 Å². The topological polar surface area (TPSA) is 57.5 Å². The lowest BCUT2D eigenvalue weighted by atomic mass is 10.0. The van der Waals surface area contributed by atoms with Gasteiger partial charge in [0.25, 0.3) is 0 Å². The highest BCUT2D eigenvalue weighted by molar-refractivity contribution is 5.89. The number of hydrogen-bond acceptors (Lipinski definition) is 2. The quantitative estimate of drug-likeness (QED) is 0.726. The second kappa shape index (κ2) is 6.16. The molecule has 0 heterocycles. The number of aryl methyl sites for hydroxylation is 1. The first-order valence-corrected chi connectivity index (χ1v) is 5.70. The molecule has 0 bridgehead atoms. The molecule has 88 valence electrons. The van der Waals surface area contributed by atoms with E-state index in [1.165, 1.54) is 18.6 Å². The average molecular weight is 222 g/mol. The normalized spacial score (nSPS) is 10.3. The van der Waals surface area contributed by atoms with Crippen LogP contribution in [0.15, 0.2) is 18.2 Å². The summed E-state index contributed by atoms with van der Waals surface area (Å²) >= 11 is 0. The highest BCUT2D eigenvalue weighted by Crippen LogP contribution is 2.19. The zero-order chi connectivity index (χ0) is 12.0. The summed E-state index contributed by atoms with van der Waals surface area (Å²) in [5, 5.41) is 18.3. The molecule has 16 heavy (non-hydrogen) atoms. The zero-order valence-electron chi connectivity index (χ0n) is 9.57. The molecule has 0 saturated heterocycles. The Morgan fingerprint density at radius 2 is 2.00 bits per heavy atom. The Morgan fingerprint density at radius 1 is 1.25 bits per heavy atom. The van der Waals surface area contributed by atoms with Crippen molar-refractivity contribution in [1.82, 2.24) is 0 Å². The molecule has 0 aliphatic carbocycles. The highest BCUT2D eigenvalue weighted by atomic mass is 16.4. The third kappa shape index (κ3) is 3.57. The number of rotatable bonds is 6. The second-order valence-corrected chi connectivity index (χ2v) is 3.96. The van der Waals surface area contributed by atoms with Crippen LogP contribution in [-0.4, -0.2) is 16.2 Å². The van der Waals surface area contributed by atoms with Crippen molar-refractivity contribution in [1.29, 1.82) is 0 Å². The van der Waals surface area contributed by atoms with E-state index in [1.54, 1.807) is 6.07 Å². The van der Waals surface area contributed by atoms with Crippen molar-refractivity contribution in [3.63, 3.8) is 0 Å². The Morgan fingerprint density at radius 3 is 2.62 bits per heavy atom. The fraction of sp³-hybridized carbons (Fsp3) is 0.462. The summed E-state index contributed by atoms with van der Waals surface area (Å²) in [6.07, 6.45) is 5.12. The van der Waals surface area contributed by atoms with Crippen molar-refractivity contribution in [2.75, 3.05) is 0 Å². The number of benzene rings is 1. The molecule has 0 unspecified atom stereocenters. The molecule has 0 fully saturated rings. The fourth-order valence-corrected chi connectivity index (χ4v) is 1.74. The molecule has 1 aromatic carbocycles. The Labute approximate surface area is 95.7 Å². The standard InChI is InChI=1S/C13H18O3/c1-2-3-4-5-6-10-9-11(14)7-8-12(10)13(15)16/h7-9,14H,2-6H2,1H3,(H,15,16). The van der Waals surface area contributed by atoms with Crippen LogP contribution in [0.3, 0.4) is 0 Å². The molecule has 1 rings (SSSR count). The molecule has 0 aromatic heterocycles. The highest BCUT2D eigenvalue weighted by Gasteiger charge is 2.09. The van der Waals surface area contributed by atoms with E-state index >= 15 is 0 Å². The third-order valence-corrected chi connectivity index (χ3v) is 2.62. The lowest BCUT2D eigenvalue weighted by Crippen LogP contribution is -2.02. The smallest absolute Gasteiger partial charge is 0.335 e. The van der Waals surface area contributed by atoms with Crippen LogP contribution in [0.2, 0.25) is 0 Å². The third-order valence-electron chi connectivity index (χ3n) is 2.62. The zero-order valence-corrected chi connectivity index (χ0v) is 9.57. The second-order valence-electron chi connectivity index (χ2n) is 3.96. The van der Waals surface area contributed by atoms with Gasteiger partial charge >= 0.3 is 5.97 Å². The molecule has 3 heteroatoms. The summed E-state index contributed by atoms with van der Waals surface area (Å²) in [5.41, 5.74) is 1.03. The lowest BCUT2D eigenvalue weighted by molar-refractivity contribution is 0.0695. The van der Waals surface area contributed by atoms with Gasteiger partial charge in [0.2, 0.25) is 0 Å². The molecule has 0 saturated carbocycles. The number of aromatic hydroxyl groups is 1. The van der Waals surface area contributed by atoms with Gasteiger partial charge < -0.3 is 10.2 Å². The van der Waals surface area contributed by atoms with Gasteiger partial charge in [-0.1, -0.05) is 26.2 Å². The van der Waals surface area contributed by atoms with Gasteiger partial charge in [-0.15, -0.1) is 0 Å². The monoisotopic (exact) mass is 222 g/mol. The van der Waals surface area contributed by atoms with Crippen LogP contribution in [-0.2, 0) is 6.42 Å². The lowest BCUT2D eigenvalue weighted by Gasteiger charge is -2.06. The molecule has 0 spiro atoms. The van der Waals surface area contributed by atoms with Crippen molar-refractivity contribution < 1.29 is 15.0 Å². The maximum atomic E-state index is 10.9. The van der Waals surface area contributed by atoms with Gasteiger partial charge in [0, 0.05) is 0 Å². The average Bonchev–Trinajstić information content (AvgIpc) is 2.24. The molecule has 3 nitrogen and oxygen atoms in total. The molecule has 0 amide bonds. The predicted molar refractivity (Wildman–Crippen MR) is 62.9 cm³/mol. The SMILES string of the molecule is CCCCCCc1cc(O)ccc1C(=O)O. The minimum Gasteiger partial charge on any atom is -0.508 e. The van der Waals surface area contributed by atoms with Crippen molar-refractivity contribution in [2.24, 2.45) is 0 Å². The van der Waals surface area contributed by atoms with Crippen LogP contribution in [0.5, 0.6) is 5.75 Å². The number of phenols is 1. The van der Waals surface area contributed by atoms with Gasteiger partial charge in [0.15, 0.2) is 0 Å². The van der Waals surface area contributed by atoms with E-state index in [2.05, 4.69) is 6.92 Å². The summed E-state index contributed by atoms with van der Waals surface area (Å²) in [6, 6.07) is 4.43. The number of carboxylic acid groups (broad SMARTS) is 1. The molecule has 1 aromatic rings. The Hall–Kier alpha value is -1.51. The van der Waals surface area contributed by atoms with Crippen molar-refractivity contribution >= 4 is 5.97 Å². The van der Waals surface area contributed by atoms with E-state index in [0.717, 1.165) is 31.2 Å². The van der Waals surface area contributed by atoms with Gasteiger partial charge in [-0.2, -0.15) is 0 Å². The first kappa shape index (κ1) is 12.6. The molecular formula is C13H18O3. The number of unbranched alkanes of at least 4 members (excludes halogenated alkanes) is 3. The summed E-state index contributed by atoms with van der Waals surface area (Å²) < 4.78 is 0. The summed E-state index contributed by atoms with van der Waals surface area (Å²) in [5.74, 6) is -0.791. The first-order chi connectivity index (χ1) is 7.65. The Bertz CT molecular complexity index is 358. The van der Waals surface area contributed by atoms with Gasteiger partial charge in [-0.25, -0.2) is 4.79 Å². The summed E-state index contributed by atoms with van der Waals surface area (Å²) in [6.45, 7) is 2.14. The summed E-state index contributed by atoms with van der Waals surface area (Å²) in [7, 11) is 0. The van der Waals surface area contributed by atoms with Gasteiger partial charge in [0.05, 0.1) is 5.56 Å². The van der Waals surface area contributed by atoms with Gasteiger partial charge in [0.1, 0.15) is 5.75 Å². The number of carboxylic acids is 1. The van der Waals surface area contributed by atoms with E-state index in [4.69, 9.17) is 5.11 Å². The number of carbonyl (C=O) groups is 1. The van der Waals surface area contributed by atoms with E-state index in [9.17, 15) is 9.90 Å². The molecule has 0 radical (unpaired) electrons. The molecule has 0 aliphatic heterocycles. The maximum absolute atomic E-state index is 10.9. The van der Waals surface area contributed by atoms with Gasteiger partial charge in [-0.3, -0.25) is 0 Å². The molecular weight excluding hydrogens is 204 g/mol. The van der Waals surface area contributed by atoms with Crippen LogP contribution in [0.25, 0.3) is 0 Å². The van der Waals surface area contributed by atoms with Crippen LogP contribution >= 0.6 is 0 Å². The Kier molecular flexibility index (Phi) is 4.83. The van der Waals surface area contributed by atoms with Crippen LogP contribution in [0.1, 0.15) is 48.5 Å². The Balaban J connectivity index is 2.68. The van der Waals surface area contributed by atoms with Crippen LogP contribution in [0, 0.1) is 0 Å². The molecule has 0 aliphatic rings. The van der Waals surface area contributed by atoms with Crippen LogP contribution in [0.4, 0.5) is 0 Å². The van der Waals surface area contributed by atoms with E-state index < -0.39 is 5.97 Å². The maximum Gasteiger partial charge on any atom is 0.335 e. The molecule has 0 atom stereocenters. The first-order valence-electron chi connectivity index (χ1n) is 5.70. The predicted octanol–water partition coefficient (Wildman–Crippen LogP) is 3.21. The number of hydrogen-bond donors (Lipinski definition) is 2. The van der Waals surface area contributed by atoms with Gasteiger partial charge in [-0.05, 0) is 36.6 Å². The fourth-order valence-electron chi connectivity index (χ4n) is 1.74. The van der Waals surface area contributed by atoms with E-state index in [1.807, 2.05) is 0 Å². The van der Waals surface area contributed by atoms with Crippen molar-refractivity contribution in [3.8, 4) is 5.75 Å². The van der Waals surface area contributed by atoms with Crippen LogP contribution < -0.4 is 0 Å². The largest absolute Gasteiger partial charge is 0.508 e. The number of phenolic OH excluding ortho intramolecular Hbond substituents is 1. The van der Waals surface area contributed by atoms with Crippen molar-refractivity contribution in [2.45, 2.75) is 39.0 Å². The van der Waals surface area contributed by atoms with Crippen molar-refractivity contribution in [3.05, 3.63) is 29.3 Å². The summed E-state index contributed by atoms with van der Waals surface area (Å²) in [4.78, 5) is 10.9. The van der Waals surface area contributed by atoms with E-state index in [0.29, 0.717) is 5.56 Å². The minimum atomic E-state index is -0.925. The molecule has 2 N–H and O–H groups in total.